The van der Waals surface area contributed by atoms with Gasteiger partial charge in [-0.3, -0.25) is 5.32 Å². The van der Waals surface area contributed by atoms with E-state index in [2.05, 4.69) is 22.3 Å². The SMILES string of the molecule is COc1ccc(NC(=O)OCCN(C)CCc2ccccc2)cc1. The van der Waals surface area contributed by atoms with Gasteiger partial charge >= 0.3 is 6.09 Å². The topological polar surface area (TPSA) is 50.8 Å². The summed E-state index contributed by atoms with van der Waals surface area (Å²) in [6.45, 7) is 1.98. The highest BCUT2D eigenvalue weighted by Gasteiger charge is 2.05. The Kier molecular flexibility index (Phi) is 7.11. The highest BCUT2D eigenvalue weighted by Crippen LogP contribution is 2.15. The van der Waals surface area contributed by atoms with Gasteiger partial charge in [0, 0.05) is 18.8 Å². The zero-order valence-electron chi connectivity index (χ0n) is 14.2. The normalized spacial score (nSPS) is 10.5. The summed E-state index contributed by atoms with van der Waals surface area (Å²) in [6.07, 6.45) is 0.534. The van der Waals surface area contributed by atoms with Crippen LogP contribution in [0.5, 0.6) is 5.75 Å². The van der Waals surface area contributed by atoms with Gasteiger partial charge in [0.15, 0.2) is 0 Å². The fourth-order valence-corrected chi connectivity index (χ4v) is 2.20. The standard InChI is InChI=1S/C19H24N2O3/c1-21(13-12-16-6-4-3-5-7-16)14-15-24-19(22)20-17-8-10-18(23-2)11-9-17/h3-11H,12-15H2,1-2H3,(H,20,22). The minimum atomic E-state index is -0.448. The van der Waals surface area contributed by atoms with Gasteiger partial charge in [0.2, 0.25) is 0 Å². The van der Waals surface area contributed by atoms with E-state index in [0.717, 1.165) is 18.7 Å². The van der Waals surface area contributed by atoms with E-state index in [4.69, 9.17) is 9.47 Å². The minimum Gasteiger partial charge on any atom is -0.497 e. The molecule has 0 bridgehead atoms. The van der Waals surface area contributed by atoms with Crippen LogP contribution in [0.1, 0.15) is 5.56 Å². The van der Waals surface area contributed by atoms with Gasteiger partial charge in [-0.15, -0.1) is 0 Å². The third kappa shape index (κ3) is 6.30. The first-order chi connectivity index (χ1) is 11.7. The van der Waals surface area contributed by atoms with Gasteiger partial charge in [0.1, 0.15) is 12.4 Å². The van der Waals surface area contributed by atoms with Gasteiger partial charge in [-0.2, -0.15) is 0 Å². The molecule has 2 aromatic carbocycles. The monoisotopic (exact) mass is 328 g/mol. The molecule has 5 nitrogen and oxygen atoms in total. The zero-order chi connectivity index (χ0) is 17.2. The van der Waals surface area contributed by atoms with E-state index in [-0.39, 0.29) is 0 Å². The third-order valence-corrected chi connectivity index (χ3v) is 3.67. The Balaban J connectivity index is 1.62. The van der Waals surface area contributed by atoms with Gasteiger partial charge in [0.25, 0.3) is 0 Å². The van der Waals surface area contributed by atoms with Crippen LogP contribution in [-0.4, -0.2) is 44.8 Å². The smallest absolute Gasteiger partial charge is 0.411 e. The Hall–Kier alpha value is -2.53. The number of hydrogen-bond donors (Lipinski definition) is 1. The zero-order valence-corrected chi connectivity index (χ0v) is 14.2. The largest absolute Gasteiger partial charge is 0.497 e. The molecule has 0 saturated carbocycles. The van der Waals surface area contributed by atoms with Crippen LogP contribution in [0, 0.1) is 0 Å². The van der Waals surface area contributed by atoms with Gasteiger partial charge in [-0.1, -0.05) is 30.3 Å². The molecular formula is C19H24N2O3. The Morgan fingerprint density at radius 2 is 1.75 bits per heavy atom. The first-order valence-electron chi connectivity index (χ1n) is 7.97. The van der Waals surface area contributed by atoms with Crippen molar-refractivity contribution in [2.45, 2.75) is 6.42 Å². The highest BCUT2D eigenvalue weighted by atomic mass is 16.5. The predicted molar refractivity (Wildman–Crippen MR) is 95.6 cm³/mol. The lowest BCUT2D eigenvalue weighted by molar-refractivity contribution is 0.146. The van der Waals surface area contributed by atoms with E-state index in [9.17, 15) is 4.79 Å². The fraction of sp³-hybridized carbons (Fsp3) is 0.316. The van der Waals surface area contributed by atoms with Crippen LogP contribution in [0.3, 0.4) is 0 Å². The number of benzene rings is 2. The van der Waals surface area contributed by atoms with Crippen molar-refractivity contribution in [1.29, 1.82) is 0 Å². The van der Waals surface area contributed by atoms with Crippen molar-refractivity contribution < 1.29 is 14.3 Å². The van der Waals surface area contributed by atoms with Crippen LogP contribution >= 0.6 is 0 Å². The van der Waals surface area contributed by atoms with Crippen LogP contribution in [0.4, 0.5) is 10.5 Å². The molecule has 24 heavy (non-hydrogen) atoms. The molecule has 0 spiro atoms. The molecular weight excluding hydrogens is 304 g/mol. The second-order valence-electron chi connectivity index (χ2n) is 5.53. The summed E-state index contributed by atoms with van der Waals surface area (Å²) in [4.78, 5) is 13.9. The average Bonchev–Trinajstić information content (AvgIpc) is 2.61. The summed E-state index contributed by atoms with van der Waals surface area (Å²) in [5, 5.41) is 2.69. The molecule has 2 rings (SSSR count). The second kappa shape index (κ2) is 9.57. The lowest BCUT2D eigenvalue weighted by atomic mass is 10.1. The molecule has 0 heterocycles. The van der Waals surface area contributed by atoms with E-state index in [1.165, 1.54) is 5.56 Å². The number of carbonyl (C=O) groups is 1. The number of ether oxygens (including phenoxy) is 2. The van der Waals surface area contributed by atoms with E-state index in [1.807, 2.05) is 25.2 Å². The molecule has 0 aromatic heterocycles. The van der Waals surface area contributed by atoms with Crippen molar-refractivity contribution >= 4 is 11.8 Å². The molecule has 1 amide bonds. The number of hydrogen-bond acceptors (Lipinski definition) is 4. The van der Waals surface area contributed by atoms with Crippen molar-refractivity contribution in [3.8, 4) is 5.75 Å². The average molecular weight is 328 g/mol. The van der Waals surface area contributed by atoms with E-state index in [1.54, 1.807) is 31.4 Å². The molecule has 0 radical (unpaired) electrons. The summed E-state index contributed by atoms with van der Waals surface area (Å²) >= 11 is 0. The molecule has 0 aliphatic heterocycles. The number of anilines is 1. The van der Waals surface area contributed by atoms with Crippen LogP contribution in [-0.2, 0) is 11.2 Å². The Morgan fingerprint density at radius 1 is 1.04 bits per heavy atom. The number of amides is 1. The van der Waals surface area contributed by atoms with Crippen LogP contribution in [0.2, 0.25) is 0 Å². The molecule has 1 N–H and O–H groups in total. The third-order valence-electron chi connectivity index (χ3n) is 3.67. The van der Waals surface area contributed by atoms with Crippen LogP contribution in [0.15, 0.2) is 54.6 Å². The van der Waals surface area contributed by atoms with Crippen LogP contribution < -0.4 is 10.1 Å². The van der Waals surface area contributed by atoms with E-state index in [0.29, 0.717) is 18.8 Å². The summed E-state index contributed by atoms with van der Waals surface area (Å²) in [5.41, 5.74) is 1.99. The summed E-state index contributed by atoms with van der Waals surface area (Å²) in [6, 6.07) is 17.4. The van der Waals surface area contributed by atoms with Crippen molar-refractivity contribution in [2.24, 2.45) is 0 Å². The maximum absolute atomic E-state index is 11.7. The molecule has 0 saturated heterocycles. The number of rotatable bonds is 8. The van der Waals surface area contributed by atoms with Crippen molar-refractivity contribution in [1.82, 2.24) is 4.90 Å². The lowest BCUT2D eigenvalue weighted by Gasteiger charge is -2.16. The highest BCUT2D eigenvalue weighted by molar-refractivity contribution is 5.84. The summed E-state index contributed by atoms with van der Waals surface area (Å²) < 4.78 is 10.3. The molecule has 0 unspecified atom stereocenters. The summed E-state index contributed by atoms with van der Waals surface area (Å²) in [7, 11) is 3.62. The molecule has 0 fully saturated rings. The Morgan fingerprint density at radius 3 is 2.42 bits per heavy atom. The molecule has 128 valence electrons. The van der Waals surface area contributed by atoms with E-state index >= 15 is 0 Å². The molecule has 0 aliphatic carbocycles. The maximum atomic E-state index is 11.7. The lowest BCUT2D eigenvalue weighted by Crippen LogP contribution is -2.27. The second-order valence-corrected chi connectivity index (χ2v) is 5.53. The predicted octanol–water partition coefficient (Wildman–Crippen LogP) is 3.42. The number of carbonyl (C=O) groups excluding carboxylic acids is 1. The maximum Gasteiger partial charge on any atom is 0.411 e. The first-order valence-corrected chi connectivity index (χ1v) is 7.97. The quantitative estimate of drug-likeness (QED) is 0.807. The fourth-order valence-electron chi connectivity index (χ4n) is 2.20. The van der Waals surface area contributed by atoms with Crippen molar-refractivity contribution in [2.75, 3.05) is 39.2 Å². The van der Waals surface area contributed by atoms with Gasteiger partial charge < -0.3 is 14.4 Å². The van der Waals surface area contributed by atoms with Gasteiger partial charge in [-0.25, -0.2) is 4.79 Å². The summed E-state index contributed by atoms with van der Waals surface area (Å²) in [5.74, 6) is 0.744. The minimum absolute atomic E-state index is 0.354. The molecule has 0 atom stereocenters. The Labute approximate surface area is 143 Å². The van der Waals surface area contributed by atoms with Crippen molar-refractivity contribution in [3.05, 3.63) is 60.2 Å². The first kappa shape index (κ1) is 17.8. The molecule has 0 aliphatic rings. The molecule has 5 heteroatoms. The Bertz CT molecular complexity index is 614. The number of likely N-dealkylation sites (N-methyl/N-ethyl adjacent to an activating group) is 1. The van der Waals surface area contributed by atoms with E-state index < -0.39 is 6.09 Å². The van der Waals surface area contributed by atoms with Crippen molar-refractivity contribution in [3.63, 3.8) is 0 Å². The number of nitrogens with zero attached hydrogens (tertiary/aromatic N) is 1. The van der Waals surface area contributed by atoms with Gasteiger partial charge in [-0.05, 0) is 43.3 Å². The number of methoxy groups -OCH3 is 1. The molecule has 2 aromatic rings. The van der Waals surface area contributed by atoms with Gasteiger partial charge in [0.05, 0.1) is 7.11 Å². The van der Waals surface area contributed by atoms with Crippen LogP contribution in [0.25, 0.3) is 0 Å². The number of nitrogens with one attached hydrogen (secondary N) is 1.